The first-order chi connectivity index (χ1) is 14.3. The molecule has 0 bridgehead atoms. The van der Waals surface area contributed by atoms with Gasteiger partial charge in [0, 0.05) is 11.4 Å². The molecule has 3 aromatic rings. The quantitative estimate of drug-likeness (QED) is 0.465. The van der Waals surface area contributed by atoms with Crippen molar-refractivity contribution in [3.8, 4) is 11.8 Å². The fourth-order valence-electron chi connectivity index (χ4n) is 2.36. The summed E-state index contributed by atoms with van der Waals surface area (Å²) in [7, 11) is -3.79. The standard InChI is InChI=1S/C19H17FN6O3S/c20-17-12-23-19(25-14-4-8-16(9-5-14)30(22,27)28)26-18(17)24-13-2-6-15(7-3-13)29-11-1-10-21/h2-9,12H,1,11H2,(H2,22,27,28)(H2,23,24,25,26). The molecule has 4 N–H and O–H groups in total. The van der Waals surface area contributed by atoms with E-state index in [0.717, 1.165) is 6.20 Å². The van der Waals surface area contributed by atoms with E-state index in [0.29, 0.717) is 17.1 Å². The number of halogens is 1. The molecule has 0 saturated carbocycles. The number of rotatable bonds is 8. The number of nitriles is 1. The number of nitrogens with zero attached hydrogens (tertiary/aromatic N) is 3. The molecule has 154 valence electrons. The van der Waals surface area contributed by atoms with Crippen LogP contribution in [0.3, 0.4) is 0 Å². The maximum atomic E-state index is 14.1. The van der Waals surface area contributed by atoms with Crippen molar-refractivity contribution >= 4 is 33.2 Å². The molecule has 0 amide bonds. The number of aromatic nitrogens is 2. The summed E-state index contributed by atoms with van der Waals surface area (Å²) in [5.41, 5.74) is 1.07. The van der Waals surface area contributed by atoms with Crippen LogP contribution < -0.4 is 20.5 Å². The number of primary sulfonamides is 1. The Morgan fingerprint density at radius 2 is 1.70 bits per heavy atom. The molecule has 0 atom stereocenters. The molecule has 0 spiro atoms. The molecule has 0 fully saturated rings. The zero-order chi connectivity index (χ0) is 21.6. The van der Waals surface area contributed by atoms with Gasteiger partial charge in [0.2, 0.25) is 16.0 Å². The van der Waals surface area contributed by atoms with Crippen molar-refractivity contribution in [2.24, 2.45) is 5.14 Å². The van der Waals surface area contributed by atoms with Crippen LogP contribution in [0.2, 0.25) is 0 Å². The summed E-state index contributed by atoms with van der Waals surface area (Å²) in [4.78, 5) is 7.94. The monoisotopic (exact) mass is 428 g/mol. The lowest BCUT2D eigenvalue weighted by atomic mass is 10.3. The molecule has 3 rings (SSSR count). The van der Waals surface area contributed by atoms with Gasteiger partial charge in [0.1, 0.15) is 12.4 Å². The number of ether oxygens (including phenoxy) is 1. The van der Waals surface area contributed by atoms with Gasteiger partial charge in [0.15, 0.2) is 11.6 Å². The number of sulfonamides is 1. The van der Waals surface area contributed by atoms with Crippen LogP contribution in [0.5, 0.6) is 5.75 Å². The Morgan fingerprint density at radius 3 is 2.33 bits per heavy atom. The van der Waals surface area contributed by atoms with E-state index in [9.17, 15) is 12.8 Å². The third-order valence-electron chi connectivity index (χ3n) is 3.78. The van der Waals surface area contributed by atoms with E-state index in [4.69, 9.17) is 15.1 Å². The first-order valence-corrected chi connectivity index (χ1v) is 10.2. The summed E-state index contributed by atoms with van der Waals surface area (Å²) >= 11 is 0. The summed E-state index contributed by atoms with van der Waals surface area (Å²) in [6.45, 7) is 0.289. The van der Waals surface area contributed by atoms with E-state index in [-0.39, 0.29) is 29.7 Å². The molecular weight excluding hydrogens is 411 g/mol. The topological polar surface area (TPSA) is 143 Å². The van der Waals surface area contributed by atoms with Crippen LogP contribution in [0.15, 0.2) is 59.6 Å². The molecule has 30 heavy (non-hydrogen) atoms. The molecule has 11 heteroatoms. The average Bonchev–Trinajstić information content (AvgIpc) is 2.72. The lowest BCUT2D eigenvalue weighted by Crippen LogP contribution is -2.11. The van der Waals surface area contributed by atoms with Gasteiger partial charge >= 0.3 is 0 Å². The fraction of sp³-hybridized carbons (Fsp3) is 0.105. The Labute approximate surface area is 172 Å². The summed E-state index contributed by atoms with van der Waals surface area (Å²) in [6.07, 6.45) is 1.29. The molecule has 1 heterocycles. The Balaban J connectivity index is 1.70. The molecule has 2 aromatic carbocycles. The largest absolute Gasteiger partial charge is 0.493 e. The molecule has 0 aliphatic heterocycles. The highest BCUT2D eigenvalue weighted by Crippen LogP contribution is 2.23. The highest BCUT2D eigenvalue weighted by atomic mass is 32.2. The normalized spacial score (nSPS) is 10.8. The summed E-state index contributed by atoms with van der Waals surface area (Å²) in [5, 5.41) is 19.3. The summed E-state index contributed by atoms with van der Waals surface area (Å²) in [5.74, 6) is -0.00533. The maximum Gasteiger partial charge on any atom is 0.238 e. The lowest BCUT2D eigenvalue weighted by molar-refractivity contribution is 0.326. The number of nitrogens with one attached hydrogen (secondary N) is 2. The number of nitrogens with two attached hydrogens (primary N) is 1. The molecule has 0 radical (unpaired) electrons. The van der Waals surface area contributed by atoms with Crippen molar-refractivity contribution < 1.29 is 17.5 Å². The zero-order valence-electron chi connectivity index (χ0n) is 15.5. The van der Waals surface area contributed by atoms with E-state index in [1.165, 1.54) is 24.3 Å². The van der Waals surface area contributed by atoms with E-state index < -0.39 is 15.8 Å². The Hall–Kier alpha value is -3.75. The zero-order valence-corrected chi connectivity index (χ0v) is 16.4. The minimum absolute atomic E-state index is 0.0320. The summed E-state index contributed by atoms with van der Waals surface area (Å²) in [6, 6.07) is 14.4. The third kappa shape index (κ3) is 5.63. The molecule has 0 aliphatic carbocycles. The van der Waals surface area contributed by atoms with E-state index in [2.05, 4.69) is 20.6 Å². The smallest absolute Gasteiger partial charge is 0.238 e. The van der Waals surface area contributed by atoms with Crippen molar-refractivity contribution in [2.45, 2.75) is 11.3 Å². The molecule has 0 aliphatic rings. The number of benzene rings is 2. The predicted octanol–water partition coefficient (Wildman–Crippen LogP) is 3.04. The van der Waals surface area contributed by atoms with Gasteiger partial charge in [-0.25, -0.2) is 22.9 Å². The highest BCUT2D eigenvalue weighted by Gasteiger charge is 2.10. The van der Waals surface area contributed by atoms with Gasteiger partial charge in [-0.3, -0.25) is 0 Å². The van der Waals surface area contributed by atoms with E-state index >= 15 is 0 Å². The number of hydrogen-bond acceptors (Lipinski definition) is 8. The second-order valence-corrected chi connectivity index (χ2v) is 7.55. The van der Waals surface area contributed by atoms with Crippen LogP contribution >= 0.6 is 0 Å². The maximum absolute atomic E-state index is 14.1. The predicted molar refractivity (Wildman–Crippen MR) is 109 cm³/mol. The number of hydrogen-bond donors (Lipinski definition) is 3. The van der Waals surface area contributed by atoms with Crippen LogP contribution in [0, 0.1) is 17.1 Å². The van der Waals surface area contributed by atoms with Gasteiger partial charge in [0.25, 0.3) is 0 Å². The van der Waals surface area contributed by atoms with Crippen molar-refractivity contribution in [3.63, 3.8) is 0 Å². The van der Waals surface area contributed by atoms with Gasteiger partial charge in [0.05, 0.1) is 23.6 Å². The third-order valence-corrected chi connectivity index (χ3v) is 4.71. The number of anilines is 4. The Bertz CT molecular complexity index is 1160. The molecule has 9 nitrogen and oxygen atoms in total. The van der Waals surface area contributed by atoms with E-state index in [1.54, 1.807) is 24.3 Å². The Kier molecular flexibility index (Phi) is 6.41. The second-order valence-electron chi connectivity index (χ2n) is 5.99. The van der Waals surface area contributed by atoms with Gasteiger partial charge < -0.3 is 15.4 Å². The molecule has 1 aromatic heterocycles. The van der Waals surface area contributed by atoms with Crippen molar-refractivity contribution in [3.05, 3.63) is 60.5 Å². The van der Waals surface area contributed by atoms with Crippen LogP contribution in [0.4, 0.5) is 27.5 Å². The van der Waals surface area contributed by atoms with Crippen LogP contribution in [-0.4, -0.2) is 25.0 Å². The minimum Gasteiger partial charge on any atom is -0.493 e. The second kappa shape index (κ2) is 9.17. The van der Waals surface area contributed by atoms with Crippen LogP contribution in [0.25, 0.3) is 0 Å². The van der Waals surface area contributed by atoms with Gasteiger partial charge in [-0.15, -0.1) is 0 Å². The average molecular weight is 428 g/mol. The highest BCUT2D eigenvalue weighted by molar-refractivity contribution is 7.89. The van der Waals surface area contributed by atoms with Crippen LogP contribution in [0.1, 0.15) is 6.42 Å². The van der Waals surface area contributed by atoms with Gasteiger partial charge in [-0.2, -0.15) is 10.2 Å². The first-order valence-electron chi connectivity index (χ1n) is 8.64. The van der Waals surface area contributed by atoms with Gasteiger partial charge in [-0.05, 0) is 48.5 Å². The van der Waals surface area contributed by atoms with Crippen molar-refractivity contribution in [1.82, 2.24) is 9.97 Å². The first kappa shape index (κ1) is 21.0. The van der Waals surface area contributed by atoms with Crippen molar-refractivity contribution in [2.75, 3.05) is 17.2 Å². The van der Waals surface area contributed by atoms with Crippen LogP contribution in [-0.2, 0) is 10.0 Å². The SMILES string of the molecule is N#CCCOc1ccc(Nc2nc(Nc3ccc(S(N)(=O)=O)cc3)ncc2F)cc1. The fourth-order valence-corrected chi connectivity index (χ4v) is 2.87. The van der Waals surface area contributed by atoms with Crippen molar-refractivity contribution in [1.29, 1.82) is 5.26 Å². The summed E-state index contributed by atoms with van der Waals surface area (Å²) < 4.78 is 42.1. The molecular formula is C19H17FN6O3S. The lowest BCUT2D eigenvalue weighted by Gasteiger charge is -2.10. The molecule has 0 unspecified atom stereocenters. The van der Waals surface area contributed by atoms with E-state index in [1.807, 2.05) is 6.07 Å². The molecule has 0 saturated heterocycles. The Morgan fingerprint density at radius 1 is 1.07 bits per heavy atom. The minimum atomic E-state index is -3.79. The van der Waals surface area contributed by atoms with Gasteiger partial charge in [-0.1, -0.05) is 0 Å².